The van der Waals surface area contributed by atoms with E-state index in [1.807, 2.05) is 6.26 Å². The molecule has 1 aliphatic heterocycles. The van der Waals surface area contributed by atoms with Gasteiger partial charge < -0.3 is 36.6 Å². The predicted molar refractivity (Wildman–Crippen MR) is 111 cm³/mol. The Morgan fingerprint density at radius 2 is 1.81 bits per heavy atom. The van der Waals surface area contributed by atoms with Gasteiger partial charge in [-0.2, -0.15) is 11.8 Å². The topological polar surface area (TPSA) is 199 Å². The Morgan fingerprint density at radius 1 is 1.13 bits per heavy atom. The van der Waals surface area contributed by atoms with Crippen LogP contribution >= 0.6 is 11.8 Å². The van der Waals surface area contributed by atoms with Gasteiger partial charge in [0.25, 0.3) is 0 Å². The number of thioether (sulfide) groups is 1. The summed E-state index contributed by atoms with van der Waals surface area (Å²) >= 11 is 1.50. The van der Waals surface area contributed by atoms with Gasteiger partial charge in [-0.1, -0.05) is 0 Å². The highest BCUT2D eigenvalue weighted by molar-refractivity contribution is 7.98. The van der Waals surface area contributed by atoms with E-state index >= 15 is 0 Å². The molecule has 1 fully saturated rings. The second-order valence-electron chi connectivity index (χ2n) is 7.15. The third-order valence-electron chi connectivity index (χ3n) is 4.87. The normalized spacial score (nSPS) is 18.7. The van der Waals surface area contributed by atoms with Crippen LogP contribution in [0.2, 0.25) is 0 Å². The predicted octanol–water partition coefficient (Wildman–Crippen LogP) is -2.03. The maximum Gasteiger partial charge on any atom is 0.328 e. The van der Waals surface area contributed by atoms with Crippen LogP contribution < -0.4 is 16.4 Å². The van der Waals surface area contributed by atoms with E-state index < -0.39 is 60.4 Å². The summed E-state index contributed by atoms with van der Waals surface area (Å²) in [6, 6.07) is -4.56. The Bertz CT molecular complexity index is 677. The van der Waals surface area contributed by atoms with Crippen molar-refractivity contribution in [1.29, 1.82) is 0 Å². The fraction of sp³-hybridized carbons (Fsp3) is 0.722. The molecule has 4 unspecified atom stereocenters. The van der Waals surface area contributed by atoms with E-state index in [0.29, 0.717) is 18.6 Å². The quantitative estimate of drug-likeness (QED) is 0.177. The van der Waals surface area contributed by atoms with E-state index in [-0.39, 0.29) is 25.8 Å². The zero-order chi connectivity index (χ0) is 23.6. The lowest BCUT2D eigenvalue weighted by Crippen LogP contribution is -2.57. The number of rotatable bonds is 13. The third-order valence-corrected chi connectivity index (χ3v) is 5.51. The maximum absolute atomic E-state index is 13.1. The minimum atomic E-state index is -1.51. The van der Waals surface area contributed by atoms with Gasteiger partial charge >= 0.3 is 11.9 Å². The lowest BCUT2D eigenvalue weighted by atomic mass is 10.1. The molecule has 4 atom stereocenters. The fourth-order valence-electron chi connectivity index (χ4n) is 3.14. The summed E-state index contributed by atoms with van der Waals surface area (Å²) in [7, 11) is 0. The molecule has 0 spiro atoms. The molecule has 13 heteroatoms. The molecule has 3 amide bonds. The molecule has 0 aromatic heterocycles. The molecule has 1 heterocycles. The van der Waals surface area contributed by atoms with Crippen molar-refractivity contribution in [1.82, 2.24) is 15.5 Å². The minimum absolute atomic E-state index is 0.186. The van der Waals surface area contributed by atoms with Crippen LogP contribution in [0, 0.1) is 0 Å². The highest BCUT2D eigenvalue weighted by Gasteiger charge is 2.39. The highest BCUT2D eigenvalue weighted by Crippen LogP contribution is 2.20. The number of nitrogens with one attached hydrogen (secondary N) is 2. The van der Waals surface area contributed by atoms with Gasteiger partial charge in [-0.25, -0.2) is 4.79 Å². The first-order chi connectivity index (χ1) is 14.6. The molecule has 0 aliphatic carbocycles. The van der Waals surface area contributed by atoms with Gasteiger partial charge in [0.05, 0.1) is 12.6 Å². The summed E-state index contributed by atoms with van der Waals surface area (Å²) in [5.41, 5.74) is 5.83. The van der Waals surface area contributed by atoms with Gasteiger partial charge in [-0.3, -0.25) is 19.2 Å². The van der Waals surface area contributed by atoms with Crippen molar-refractivity contribution < 1.29 is 39.3 Å². The van der Waals surface area contributed by atoms with Crippen molar-refractivity contribution in [2.75, 3.05) is 25.2 Å². The summed E-state index contributed by atoms with van der Waals surface area (Å²) in [4.78, 5) is 61.1. The molecule has 12 nitrogen and oxygen atoms in total. The van der Waals surface area contributed by atoms with E-state index in [1.165, 1.54) is 16.7 Å². The van der Waals surface area contributed by atoms with Gasteiger partial charge in [-0.15, -0.1) is 0 Å². The largest absolute Gasteiger partial charge is 0.481 e. The molecule has 0 bridgehead atoms. The van der Waals surface area contributed by atoms with Crippen LogP contribution in [-0.4, -0.2) is 99.2 Å². The molecular formula is C18H30N4O8S. The summed E-state index contributed by atoms with van der Waals surface area (Å²) in [5, 5.41) is 31.7. The average molecular weight is 463 g/mol. The number of amides is 3. The van der Waals surface area contributed by atoms with Crippen molar-refractivity contribution in [3.05, 3.63) is 0 Å². The van der Waals surface area contributed by atoms with E-state index in [2.05, 4.69) is 10.6 Å². The minimum Gasteiger partial charge on any atom is -0.481 e. The first-order valence-corrected chi connectivity index (χ1v) is 11.2. The van der Waals surface area contributed by atoms with Crippen LogP contribution in [0.25, 0.3) is 0 Å². The molecule has 0 saturated carbocycles. The van der Waals surface area contributed by atoms with Crippen LogP contribution in [0.3, 0.4) is 0 Å². The van der Waals surface area contributed by atoms with Crippen LogP contribution in [0.5, 0.6) is 0 Å². The first kappa shape index (κ1) is 26.7. The van der Waals surface area contributed by atoms with E-state index in [1.54, 1.807) is 0 Å². The van der Waals surface area contributed by atoms with Crippen molar-refractivity contribution in [2.24, 2.45) is 5.73 Å². The second kappa shape index (κ2) is 13.1. The number of aliphatic hydroxyl groups is 1. The Hall–Kier alpha value is -2.38. The number of carbonyl (C=O) groups excluding carboxylic acids is 3. The molecule has 0 aromatic rings. The monoisotopic (exact) mass is 462 g/mol. The lowest BCUT2D eigenvalue weighted by Gasteiger charge is -2.29. The number of hydrogen-bond acceptors (Lipinski definition) is 8. The van der Waals surface area contributed by atoms with Crippen LogP contribution in [0.4, 0.5) is 0 Å². The zero-order valence-corrected chi connectivity index (χ0v) is 18.1. The molecule has 176 valence electrons. The number of aliphatic hydroxyl groups excluding tert-OH is 1. The van der Waals surface area contributed by atoms with Gasteiger partial charge in [-0.05, 0) is 37.7 Å². The van der Waals surface area contributed by atoms with Crippen LogP contribution in [0.15, 0.2) is 0 Å². The molecule has 1 rings (SSSR count). The number of carboxylic acid groups (broad SMARTS) is 2. The molecule has 0 radical (unpaired) electrons. The van der Waals surface area contributed by atoms with Gasteiger partial charge in [0, 0.05) is 13.0 Å². The molecule has 7 N–H and O–H groups in total. The van der Waals surface area contributed by atoms with E-state index in [4.69, 9.17) is 21.1 Å². The molecule has 0 aromatic carbocycles. The van der Waals surface area contributed by atoms with Gasteiger partial charge in [0.2, 0.25) is 17.7 Å². The van der Waals surface area contributed by atoms with Gasteiger partial charge in [0.1, 0.15) is 18.1 Å². The summed E-state index contributed by atoms with van der Waals surface area (Å²) < 4.78 is 0. The lowest BCUT2D eigenvalue weighted by molar-refractivity contribution is -0.145. The molecule has 1 aliphatic rings. The number of aliphatic carboxylic acids is 2. The first-order valence-electron chi connectivity index (χ1n) is 9.83. The summed E-state index contributed by atoms with van der Waals surface area (Å²) in [5.74, 6) is -3.91. The summed E-state index contributed by atoms with van der Waals surface area (Å²) in [6.45, 7) is -0.626. The Balaban J connectivity index is 2.92. The van der Waals surface area contributed by atoms with Crippen molar-refractivity contribution in [3.63, 3.8) is 0 Å². The molecule has 1 saturated heterocycles. The van der Waals surface area contributed by atoms with E-state index in [9.17, 15) is 24.0 Å². The SMILES string of the molecule is CSCCC(N)C(=O)NC(CCC(=O)O)C(=O)N1CCCC1C(=O)NC(CO)C(=O)O. The standard InChI is InChI=1S/C18H30N4O8S/c1-31-8-6-10(19)15(26)20-11(4-5-14(24)25)17(28)22-7-2-3-13(22)16(27)21-12(9-23)18(29)30/h10-13,23H,2-9,19H2,1H3,(H,20,26)(H,21,27)(H,24,25)(H,29,30). The van der Waals surface area contributed by atoms with Crippen molar-refractivity contribution >= 4 is 41.4 Å². The number of nitrogens with two attached hydrogens (primary N) is 1. The number of hydrogen-bond donors (Lipinski definition) is 6. The van der Waals surface area contributed by atoms with E-state index in [0.717, 1.165) is 0 Å². The smallest absolute Gasteiger partial charge is 0.328 e. The molecular weight excluding hydrogens is 432 g/mol. The maximum atomic E-state index is 13.1. The van der Waals surface area contributed by atoms with Crippen LogP contribution in [0.1, 0.15) is 32.1 Å². The number of carbonyl (C=O) groups is 5. The van der Waals surface area contributed by atoms with Gasteiger partial charge in [0.15, 0.2) is 0 Å². The third kappa shape index (κ3) is 8.34. The fourth-order valence-corrected chi connectivity index (χ4v) is 3.63. The van der Waals surface area contributed by atoms with Crippen LogP contribution in [-0.2, 0) is 24.0 Å². The zero-order valence-electron chi connectivity index (χ0n) is 17.3. The Kier molecular flexibility index (Phi) is 11.3. The highest BCUT2D eigenvalue weighted by atomic mass is 32.2. The molecule has 31 heavy (non-hydrogen) atoms. The number of nitrogens with zero attached hydrogens (tertiary/aromatic N) is 1. The summed E-state index contributed by atoms with van der Waals surface area (Å²) in [6.07, 6.45) is 2.39. The van der Waals surface area contributed by atoms with Crippen molar-refractivity contribution in [2.45, 2.75) is 56.3 Å². The second-order valence-corrected chi connectivity index (χ2v) is 8.14. The number of carboxylic acids is 2. The van der Waals surface area contributed by atoms with Crippen molar-refractivity contribution in [3.8, 4) is 0 Å². The number of likely N-dealkylation sites (tertiary alicyclic amines) is 1. The Labute approximate surface area is 183 Å². The average Bonchev–Trinajstić information content (AvgIpc) is 3.21. The Morgan fingerprint density at radius 3 is 2.35 bits per heavy atom.